The highest BCUT2D eigenvalue weighted by Crippen LogP contribution is 2.09. The van der Waals surface area contributed by atoms with Crippen LogP contribution in [0.4, 0.5) is 0 Å². The van der Waals surface area contributed by atoms with Crippen LogP contribution in [0, 0.1) is 11.8 Å². The normalized spacial score (nSPS) is 11.1. The van der Waals surface area contributed by atoms with Crippen molar-refractivity contribution in [3.05, 3.63) is 0 Å². The van der Waals surface area contributed by atoms with E-state index in [2.05, 4.69) is 27.7 Å². The Kier molecular flexibility index (Phi) is 11.6. The lowest BCUT2D eigenvalue weighted by Gasteiger charge is -2.06. The maximum atomic E-state index is 11.5. The fourth-order valence-corrected chi connectivity index (χ4v) is 2.98. The van der Waals surface area contributed by atoms with Crippen LogP contribution in [-0.4, -0.2) is 41.4 Å². The molecule has 0 radical (unpaired) electrons. The first-order valence-corrected chi connectivity index (χ1v) is 9.05. The Hall–Kier alpha value is -0.160. The largest absolute Gasteiger partial charge is 0.465 e. The second-order valence-electron chi connectivity index (χ2n) is 5.33. The molecule has 0 unspecified atom stereocenters. The highest BCUT2D eigenvalue weighted by atomic mass is 32.2. The van der Waals surface area contributed by atoms with Gasteiger partial charge in [-0.1, -0.05) is 27.7 Å². The Labute approximate surface area is 125 Å². The molecule has 19 heavy (non-hydrogen) atoms. The van der Waals surface area contributed by atoms with E-state index >= 15 is 0 Å². The zero-order chi connectivity index (χ0) is 14.7. The summed E-state index contributed by atoms with van der Waals surface area (Å²) in [5, 5.41) is 0. The molecule has 5 heteroatoms. The van der Waals surface area contributed by atoms with Crippen LogP contribution >= 0.6 is 23.5 Å². The monoisotopic (exact) mass is 306 g/mol. The third kappa shape index (κ3) is 14.1. The average Bonchev–Trinajstić information content (AvgIpc) is 2.27. The Morgan fingerprint density at radius 1 is 0.947 bits per heavy atom. The summed E-state index contributed by atoms with van der Waals surface area (Å²) in [7, 11) is 0. The van der Waals surface area contributed by atoms with Gasteiger partial charge < -0.3 is 4.74 Å². The van der Waals surface area contributed by atoms with Crippen LogP contribution in [0.3, 0.4) is 0 Å². The van der Waals surface area contributed by atoms with E-state index in [1.807, 2.05) is 0 Å². The molecule has 0 aromatic rings. The minimum Gasteiger partial charge on any atom is -0.465 e. The topological polar surface area (TPSA) is 43.4 Å². The van der Waals surface area contributed by atoms with Crippen LogP contribution in [0.1, 0.15) is 34.1 Å². The first-order valence-electron chi connectivity index (χ1n) is 6.74. The van der Waals surface area contributed by atoms with Gasteiger partial charge in [0.25, 0.3) is 0 Å². The molecule has 3 nitrogen and oxygen atoms in total. The summed E-state index contributed by atoms with van der Waals surface area (Å²) in [5.41, 5.74) is 0. The number of Topliss-reactive ketones (excluding diaryl/α,β-unsaturated/α-hetero) is 1. The summed E-state index contributed by atoms with van der Waals surface area (Å²) in [6.07, 6.45) is 0.339. The van der Waals surface area contributed by atoms with Gasteiger partial charge in [0.2, 0.25) is 0 Å². The summed E-state index contributed by atoms with van der Waals surface area (Å²) in [6, 6.07) is 0. The van der Waals surface area contributed by atoms with Gasteiger partial charge in [-0.05, 0) is 23.3 Å². The molecular formula is C14H26O3S2. The van der Waals surface area contributed by atoms with E-state index in [9.17, 15) is 9.59 Å². The average molecular weight is 306 g/mol. The standard InChI is InChI=1S/C14H26O3S2/c1-11(2)7-18-9-13(15)5-6-17-14(16)10-19-8-12(3)4/h11-12H,5-10H2,1-4H3. The second kappa shape index (κ2) is 11.6. The molecule has 0 aromatic heterocycles. The fourth-order valence-electron chi connectivity index (χ4n) is 1.18. The van der Waals surface area contributed by atoms with Crippen LogP contribution < -0.4 is 0 Å². The Bertz CT molecular complexity index is 239. The van der Waals surface area contributed by atoms with Crippen molar-refractivity contribution >= 4 is 35.3 Å². The number of ether oxygens (including phenoxy) is 1. The highest BCUT2D eigenvalue weighted by Gasteiger charge is 2.07. The molecule has 0 bridgehead atoms. The zero-order valence-corrected chi connectivity index (χ0v) is 14.1. The van der Waals surface area contributed by atoms with Crippen molar-refractivity contribution in [2.75, 3.05) is 29.6 Å². The fraction of sp³-hybridized carbons (Fsp3) is 0.857. The summed E-state index contributed by atoms with van der Waals surface area (Å²) >= 11 is 3.23. The van der Waals surface area contributed by atoms with Gasteiger partial charge >= 0.3 is 5.97 Å². The summed E-state index contributed by atoms with van der Waals surface area (Å²) in [6.45, 7) is 8.72. The van der Waals surface area contributed by atoms with Gasteiger partial charge in [0.15, 0.2) is 0 Å². The van der Waals surface area contributed by atoms with E-state index in [1.165, 1.54) is 0 Å². The molecule has 0 saturated carbocycles. The molecule has 112 valence electrons. The van der Waals surface area contributed by atoms with Crippen LogP contribution in [0.5, 0.6) is 0 Å². The predicted octanol–water partition coefficient (Wildman–Crippen LogP) is 3.27. The number of hydrogen-bond donors (Lipinski definition) is 0. The van der Waals surface area contributed by atoms with Crippen LogP contribution in [-0.2, 0) is 14.3 Å². The lowest BCUT2D eigenvalue weighted by molar-refractivity contribution is -0.140. The summed E-state index contributed by atoms with van der Waals surface area (Å²) < 4.78 is 5.03. The third-order valence-corrected chi connectivity index (χ3v) is 4.80. The molecule has 0 fully saturated rings. The lowest BCUT2D eigenvalue weighted by Crippen LogP contribution is -2.13. The Morgan fingerprint density at radius 2 is 1.47 bits per heavy atom. The first-order chi connectivity index (χ1) is 8.91. The van der Waals surface area contributed by atoms with E-state index in [4.69, 9.17) is 4.74 Å². The molecule has 0 aliphatic rings. The molecule has 0 rings (SSSR count). The molecule has 0 atom stereocenters. The third-order valence-electron chi connectivity index (χ3n) is 2.03. The molecular weight excluding hydrogens is 280 g/mol. The van der Waals surface area contributed by atoms with Crippen LogP contribution in [0.15, 0.2) is 0 Å². The lowest BCUT2D eigenvalue weighted by atomic mass is 10.3. The molecule has 0 aromatic carbocycles. The highest BCUT2D eigenvalue weighted by molar-refractivity contribution is 8.00. The van der Waals surface area contributed by atoms with Crippen molar-refractivity contribution in [3.63, 3.8) is 0 Å². The molecule has 0 N–H and O–H groups in total. The van der Waals surface area contributed by atoms with Gasteiger partial charge in [0.05, 0.1) is 18.1 Å². The van der Waals surface area contributed by atoms with Gasteiger partial charge in [0.1, 0.15) is 5.78 Å². The van der Waals surface area contributed by atoms with Gasteiger partial charge in [0, 0.05) is 6.42 Å². The number of rotatable bonds is 11. The maximum Gasteiger partial charge on any atom is 0.315 e. The van der Waals surface area contributed by atoms with E-state index in [-0.39, 0.29) is 18.4 Å². The number of carbonyl (C=O) groups excluding carboxylic acids is 2. The molecule has 0 spiro atoms. The van der Waals surface area contributed by atoms with Crippen molar-refractivity contribution in [1.29, 1.82) is 0 Å². The number of hydrogen-bond acceptors (Lipinski definition) is 5. The maximum absolute atomic E-state index is 11.5. The quantitative estimate of drug-likeness (QED) is 0.548. The second-order valence-corrected chi connectivity index (χ2v) is 7.39. The van der Waals surface area contributed by atoms with Gasteiger partial charge in [-0.15, -0.1) is 11.8 Å². The first kappa shape index (κ1) is 18.8. The van der Waals surface area contributed by atoms with Gasteiger partial charge in [-0.3, -0.25) is 9.59 Å². The van der Waals surface area contributed by atoms with Crippen molar-refractivity contribution in [2.24, 2.45) is 11.8 Å². The number of thioether (sulfide) groups is 2. The van der Waals surface area contributed by atoms with Crippen molar-refractivity contribution < 1.29 is 14.3 Å². The van der Waals surface area contributed by atoms with Gasteiger partial charge in [-0.2, -0.15) is 11.8 Å². The predicted molar refractivity (Wildman–Crippen MR) is 84.9 cm³/mol. The minimum atomic E-state index is -0.215. The van der Waals surface area contributed by atoms with Crippen molar-refractivity contribution in [1.82, 2.24) is 0 Å². The van der Waals surface area contributed by atoms with E-state index in [0.717, 1.165) is 11.5 Å². The minimum absolute atomic E-state index is 0.160. The van der Waals surface area contributed by atoms with Crippen molar-refractivity contribution in [3.8, 4) is 0 Å². The molecule has 0 amide bonds. The summed E-state index contributed by atoms with van der Waals surface area (Å²) in [4.78, 5) is 22.8. The Morgan fingerprint density at radius 3 is 2.00 bits per heavy atom. The van der Waals surface area contributed by atoms with Crippen LogP contribution in [0.25, 0.3) is 0 Å². The number of esters is 1. The molecule has 0 heterocycles. The summed E-state index contributed by atoms with van der Waals surface area (Å²) in [5.74, 6) is 4.00. The number of carbonyl (C=O) groups is 2. The molecule has 0 aliphatic carbocycles. The van der Waals surface area contributed by atoms with E-state index < -0.39 is 0 Å². The van der Waals surface area contributed by atoms with Crippen molar-refractivity contribution in [2.45, 2.75) is 34.1 Å². The molecule has 0 aliphatic heterocycles. The molecule has 0 saturated heterocycles. The van der Waals surface area contributed by atoms with E-state index in [0.29, 0.717) is 29.8 Å². The van der Waals surface area contributed by atoms with Gasteiger partial charge in [-0.25, -0.2) is 0 Å². The van der Waals surface area contributed by atoms with Crippen LogP contribution in [0.2, 0.25) is 0 Å². The smallest absolute Gasteiger partial charge is 0.315 e. The zero-order valence-electron chi connectivity index (χ0n) is 12.4. The van der Waals surface area contributed by atoms with E-state index in [1.54, 1.807) is 23.5 Å². The Balaban J connectivity index is 3.45. The SMILES string of the molecule is CC(C)CSCC(=O)CCOC(=O)CSCC(C)C. The number of ketones is 1.